The molecule has 0 aliphatic carbocycles. The molecular weight excluding hydrogens is 260 g/mol. The SMILES string of the molecule is COc1ccc(C(C=O)Cc2ccc(Cl)cc2)cc1. The summed E-state index contributed by atoms with van der Waals surface area (Å²) in [5, 5.41) is 0.704. The normalized spacial score (nSPS) is 11.9. The van der Waals surface area contributed by atoms with Crippen LogP contribution in [0.25, 0.3) is 0 Å². The molecule has 1 unspecified atom stereocenters. The van der Waals surface area contributed by atoms with Crippen molar-refractivity contribution >= 4 is 17.9 Å². The van der Waals surface area contributed by atoms with Crippen LogP contribution in [0.15, 0.2) is 48.5 Å². The summed E-state index contributed by atoms with van der Waals surface area (Å²) < 4.78 is 5.11. The van der Waals surface area contributed by atoms with E-state index in [0.29, 0.717) is 11.4 Å². The van der Waals surface area contributed by atoms with Crippen LogP contribution in [-0.4, -0.2) is 13.4 Å². The Balaban J connectivity index is 2.14. The molecule has 0 saturated carbocycles. The summed E-state index contributed by atoms with van der Waals surface area (Å²) in [5.74, 6) is 0.645. The summed E-state index contributed by atoms with van der Waals surface area (Å²) in [7, 11) is 1.62. The lowest BCUT2D eigenvalue weighted by atomic mass is 9.93. The Morgan fingerprint density at radius 3 is 2.26 bits per heavy atom. The van der Waals surface area contributed by atoms with Crippen molar-refractivity contribution in [2.24, 2.45) is 0 Å². The maximum absolute atomic E-state index is 11.3. The molecule has 0 aromatic heterocycles. The number of rotatable bonds is 5. The molecule has 2 aromatic rings. The maximum Gasteiger partial charge on any atom is 0.127 e. The smallest absolute Gasteiger partial charge is 0.127 e. The van der Waals surface area contributed by atoms with E-state index in [9.17, 15) is 4.79 Å². The minimum absolute atomic E-state index is 0.146. The number of halogens is 1. The predicted molar refractivity (Wildman–Crippen MR) is 77.0 cm³/mol. The second kappa shape index (κ2) is 6.39. The molecule has 98 valence electrons. The molecule has 1 atom stereocenters. The largest absolute Gasteiger partial charge is 0.497 e. The van der Waals surface area contributed by atoms with Gasteiger partial charge in [0.15, 0.2) is 0 Å². The van der Waals surface area contributed by atoms with Gasteiger partial charge < -0.3 is 9.53 Å². The van der Waals surface area contributed by atoms with Gasteiger partial charge in [-0.1, -0.05) is 35.9 Å². The van der Waals surface area contributed by atoms with E-state index in [2.05, 4.69) is 0 Å². The fourth-order valence-electron chi connectivity index (χ4n) is 1.97. The van der Waals surface area contributed by atoms with E-state index in [-0.39, 0.29) is 5.92 Å². The predicted octanol–water partition coefficient (Wildman–Crippen LogP) is 3.87. The van der Waals surface area contributed by atoms with Gasteiger partial charge in [0.25, 0.3) is 0 Å². The van der Waals surface area contributed by atoms with Crippen molar-refractivity contribution in [2.45, 2.75) is 12.3 Å². The third-order valence-corrected chi connectivity index (χ3v) is 3.33. The summed E-state index contributed by atoms with van der Waals surface area (Å²) in [6, 6.07) is 15.2. The highest BCUT2D eigenvalue weighted by Crippen LogP contribution is 2.22. The van der Waals surface area contributed by atoms with Crippen molar-refractivity contribution < 1.29 is 9.53 Å². The van der Waals surface area contributed by atoms with Crippen LogP contribution in [0.4, 0.5) is 0 Å². The van der Waals surface area contributed by atoms with Gasteiger partial charge in [0.05, 0.1) is 7.11 Å². The zero-order valence-electron chi connectivity index (χ0n) is 10.7. The van der Waals surface area contributed by atoms with Gasteiger partial charge in [0.1, 0.15) is 12.0 Å². The molecule has 0 amide bonds. The highest BCUT2D eigenvalue weighted by atomic mass is 35.5. The Morgan fingerprint density at radius 1 is 1.11 bits per heavy atom. The third kappa shape index (κ3) is 3.58. The number of benzene rings is 2. The molecule has 2 rings (SSSR count). The molecule has 0 aliphatic heterocycles. The molecule has 0 aliphatic rings. The topological polar surface area (TPSA) is 26.3 Å². The molecule has 0 saturated heterocycles. The van der Waals surface area contributed by atoms with Gasteiger partial charge in [-0.25, -0.2) is 0 Å². The third-order valence-electron chi connectivity index (χ3n) is 3.08. The summed E-state index contributed by atoms with van der Waals surface area (Å²) in [6.45, 7) is 0. The second-order valence-electron chi connectivity index (χ2n) is 4.35. The van der Waals surface area contributed by atoms with E-state index in [1.807, 2.05) is 48.5 Å². The quantitative estimate of drug-likeness (QED) is 0.774. The number of hydrogen-bond donors (Lipinski definition) is 0. The Morgan fingerprint density at radius 2 is 1.74 bits per heavy atom. The minimum Gasteiger partial charge on any atom is -0.497 e. The van der Waals surface area contributed by atoms with Crippen molar-refractivity contribution in [1.29, 1.82) is 0 Å². The minimum atomic E-state index is -0.146. The zero-order valence-corrected chi connectivity index (χ0v) is 11.4. The van der Waals surface area contributed by atoms with Gasteiger partial charge in [-0.15, -0.1) is 0 Å². The molecule has 2 nitrogen and oxygen atoms in total. The zero-order chi connectivity index (χ0) is 13.7. The van der Waals surface area contributed by atoms with E-state index in [4.69, 9.17) is 16.3 Å². The van der Waals surface area contributed by atoms with E-state index >= 15 is 0 Å². The first-order valence-electron chi connectivity index (χ1n) is 6.06. The van der Waals surface area contributed by atoms with Crippen LogP contribution in [0, 0.1) is 0 Å². The van der Waals surface area contributed by atoms with Crippen LogP contribution in [0.5, 0.6) is 5.75 Å². The number of methoxy groups -OCH3 is 1. The van der Waals surface area contributed by atoms with Crippen LogP contribution in [-0.2, 0) is 11.2 Å². The van der Waals surface area contributed by atoms with Crippen LogP contribution < -0.4 is 4.74 Å². The lowest BCUT2D eigenvalue weighted by molar-refractivity contribution is -0.109. The van der Waals surface area contributed by atoms with Gasteiger partial charge in [0.2, 0.25) is 0 Å². The van der Waals surface area contributed by atoms with Gasteiger partial charge in [-0.3, -0.25) is 0 Å². The standard InChI is InChI=1S/C16H15ClO2/c1-19-16-8-4-13(5-9-16)14(11-18)10-12-2-6-15(17)7-3-12/h2-9,11,14H,10H2,1H3. The maximum atomic E-state index is 11.3. The number of carbonyl (C=O) groups is 1. The first kappa shape index (κ1) is 13.6. The van der Waals surface area contributed by atoms with Crippen molar-refractivity contribution in [3.05, 3.63) is 64.7 Å². The first-order chi connectivity index (χ1) is 9.22. The number of hydrogen-bond acceptors (Lipinski definition) is 2. The fraction of sp³-hybridized carbons (Fsp3) is 0.188. The number of aldehydes is 1. The lowest BCUT2D eigenvalue weighted by Gasteiger charge is -2.11. The van der Waals surface area contributed by atoms with Gasteiger partial charge in [-0.05, 0) is 41.8 Å². The van der Waals surface area contributed by atoms with Gasteiger partial charge >= 0.3 is 0 Å². The van der Waals surface area contributed by atoms with E-state index in [0.717, 1.165) is 23.2 Å². The van der Waals surface area contributed by atoms with E-state index in [1.54, 1.807) is 7.11 Å². The van der Waals surface area contributed by atoms with E-state index < -0.39 is 0 Å². The fourth-order valence-corrected chi connectivity index (χ4v) is 2.10. The average Bonchev–Trinajstić information content (AvgIpc) is 2.47. The number of carbonyl (C=O) groups excluding carboxylic acids is 1. The highest BCUT2D eigenvalue weighted by Gasteiger charge is 2.11. The Bertz CT molecular complexity index is 532. The lowest BCUT2D eigenvalue weighted by Crippen LogP contribution is -2.04. The van der Waals surface area contributed by atoms with Gasteiger partial charge in [0, 0.05) is 10.9 Å². The molecule has 19 heavy (non-hydrogen) atoms. The molecule has 0 spiro atoms. The van der Waals surface area contributed by atoms with E-state index in [1.165, 1.54) is 0 Å². The molecule has 0 bridgehead atoms. The molecule has 0 heterocycles. The molecule has 3 heteroatoms. The average molecular weight is 275 g/mol. The molecule has 2 aromatic carbocycles. The molecule has 0 fully saturated rings. The van der Waals surface area contributed by atoms with Crippen molar-refractivity contribution in [2.75, 3.05) is 7.11 Å². The van der Waals surface area contributed by atoms with Crippen molar-refractivity contribution in [1.82, 2.24) is 0 Å². The monoisotopic (exact) mass is 274 g/mol. The van der Waals surface area contributed by atoms with Gasteiger partial charge in [-0.2, -0.15) is 0 Å². The van der Waals surface area contributed by atoms with Crippen LogP contribution in [0.3, 0.4) is 0 Å². The van der Waals surface area contributed by atoms with Crippen molar-refractivity contribution in [3.63, 3.8) is 0 Å². The molecular formula is C16H15ClO2. The summed E-state index contributed by atoms with van der Waals surface area (Å²) >= 11 is 5.85. The Hall–Kier alpha value is -1.80. The summed E-state index contributed by atoms with van der Waals surface area (Å²) in [4.78, 5) is 11.3. The number of ether oxygens (including phenoxy) is 1. The summed E-state index contributed by atoms with van der Waals surface area (Å²) in [5.41, 5.74) is 2.09. The van der Waals surface area contributed by atoms with Crippen LogP contribution in [0.1, 0.15) is 17.0 Å². The highest BCUT2D eigenvalue weighted by molar-refractivity contribution is 6.30. The first-order valence-corrected chi connectivity index (χ1v) is 6.44. The molecule has 0 radical (unpaired) electrons. The second-order valence-corrected chi connectivity index (χ2v) is 4.78. The Kier molecular flexibility index (Phi) is 4.58. The Labute approximate surface area is 118 Å². The van der Waals surface area contributed by atoms with Crippen LogP contribution >= 0.6 is 11.6 Å². The summed E-state index contributed by atoms with van der Waals surface area (Å²) in [6.07, 6.45) is 1.66. The van der Waals surface area contributed by atoms with Crippen LogP contribution in [0.2, 0.25) is 5.02 Å². The van der Waals surface area contributed by atoms with Crippen molar-refractivity contribution in [3.8, 4) is 5.75 Å². The molecule has 0 N–H and O–H groups in total.